The molecule has 0 aliphatic carbocycles. The van der Waals surface area contributed by atoms with E-state index in [1.807, 2.05) is 5.32 Å². The highest BCUT2D eigenvalue weighted by molar-refractivity contribution is 7.20. The van der Waals surface area contributed by atoms with Crippen LogP contribution in [0.1, 0.15) is 31.1 Å². The van der Waals surface area contributed by atoms with Crippen molar-refractivity contribution in [3.05, 3.63) is 75.1 Å². The zero-order valence-corrected chi connectivity index (χ0v) is 18.6. The zero-order valence-electron chi connectivity index (χ0n) is 17.0. The molecule has 0 bridgehead atoms. The summed E-state index contributed by atoms with van der Waals surface area (Å²) in [6.45, 7) is 0. The molecule has 1 heterocycles. The van der Waals surface area contributed by atoms with E-state index in [0.29, 0.717) is 21.9 Å². The second-order valence-corrected chi connectivity index (χ2v) is 7.86. The highest BCUT2D eigenvalue weighted by Crippen LogP contribution is 2.42. The van der Waals surface area contributed by atoms with Crippen molar-refractivity contribution in [3.63, 3.8) is 0 Å². The standard InChI is InChI=1S/C21H11ClF5NO5S/c1-32-20(30)9-10(21(31)33-2)19(34-17(9)7-3-5-8(22)6-4-7)28-18(29)11-12(23)14(25)16(27)15(26)13(11)24/h3-6H,1-2H3,(H,28,29). The fourth-order valence-corrected chi connectivity index (χ4v) is 4.19. The molecular formula is C21H11ClF5NO5S. The van der Waals surface area contributed by atoms with Gasteiger partial charge < -0.3 is 14.8 Å². The Morgan fingerprint density at radius 3 is 1.74 bits per heavy atom. The van der Waals surface area contributed by atoms with Crippen molar-refractivity contribution >= 4 is 45.8 Å². The number of carbonyl (C=O) groups is 3. The summed E-state index contributed by atoms with van der Waals surface area (Å²) in [5, 5.41) is 1.80. The van der Waals surface area contributed by atoms with Gasteiger partial charge in [-0.2, -0.15) is 0 Å². The molecule has 0 saturated carbocycles. The van der Waals surface area contributed by atoms with Crippen LogP contribution in [0.25, 0.3) is 10.4 Å². The number of rotatable bonds is 5. The Balaban J connectivity index is 2.23. The fourth-order valence-electron chi connectivity index (χ4n) is 2.89. The molecule has 0 unspecified atom stereocenters. The lowest BCUT2D eigenvalue weighted by atomic mass is 10.0. The van der Waals surface area contributed by atoms with Crippen molar-refractivity contribution < 1.29 is 45.8 Å². The number of anilines is 1. The molecule has 1 aromatic heterocycles. The monoisotopic (exact) mass is 519 g/mol. The lowest BCUT2D eigenvalue weighted by molar-refractivity contribution is 0.0558. The van der Waals surface area contributed by atoms with Crippen molar-refractivity contribution in [1.82, 2.24) is 0 Å². The molecule has 34 heavy (non-hydrogen) atoms. The number of nitrogens with one attached hydrogen (secondary N) is 1. The summed E-state index contributed by atoms with van der Waals surface area (Å²) in [4.78, 5) is 37.6. The van der Waals surface area contributed by atoms with Gasteiger partial charge in [-0.05, 0) is 17.7 Å². The number of halogens is 6. The second-order valence-electron chi connectivity index (χ2n) is 6.40. The van der Waals surface area contributed by atoms with Crippen LogP contribution in [0.4, 0.5) is 27.0 Å². The summed E-state index contributed by atoms with van der Waals surface area (Å²) in [6.07, 6.45) is 0. The van der Waals surface area contributed by atoms with Crippen LogP contribution in [0.15, 0.2) is 24.3 Å². The highest BCUT2D eigenvalue weighted by Gasteiger charge is 2.34. The maximum atomic E-state index is 14.1. The van der Waals surface area contributed by atoms with Gasteiger partial charge in [0.2, 0.25) is 5.82 Å². The average molecular weight is 520 g/mol. The molecule has 0 radical (unpaired) electrons. The third-order valence-corrected chi connectivity index (χ3v) is 5.86. The average Bonchev–Trinajstić information content (AvgIpc) is 3.19. The van der Waals surface area contributed by atoms with Gasteiger partial charge in [0.1, 0.15) is 16.1 Å². The van der Waals surface area contributed by atoms with E-state index in [9.17, 15) is 36.3 Å². The first kappa shape index (κ1) is 25.1. The first-order valence-corrected chi connectivity index (χ1v) is 10.1. The molecule has 13 heteroatoms. The van der Waals surface area contributed by atoms with Crippen LogP contribution >= 0.6 is 22.9 Å². The third-order valence-electron chi connectivity index (χ3n) is 4.46. The van der Waals surface area contributed by atoms with Crippen LogP contribution < -0.4 is 5.32 Å². The van der Waals surface area contributed by atoms with E-state index in [1.54, 1.807) is 0 Å². The molecule has 0 fully saturated rings. The summed E-state index contributed by atoms with van der Waals surface area (Å²) < 4.78 is 78.0. The first-order valence-electron chi connectivity index (χ1n) is 8.95. The number of hydrogen-bond acceptors (Lipinski definition) is 6. The van der Waals surface area contributed by atoms with Crippen molar-refractivity contribution in [3.8, 4) is 10.4 Å². The lowest BCUT2D eigenvalue weighted by Crippen LogP contribution is -2.20. The number of benzene rings is 2. The van der Waals surface area contributed by atoms with Crippen LogP contribution in [0, 0.1) is 29.1 Å². The molecule has 3 aromatic rings. The van der Waals surface area contributed by atoms with E-state index in [1.165, 1.54) is 24.3 Å². The largest absolute Gasteiger partial charge is 0.465 e. The Morgan fingerprint density at radius 1 is 0.765 bits per heavy atom. The molecule has 0 saturated heterocycles. The maximum Gasteiger partial charge on any atom is 0.341 e. The number of esters is 2. The van der Waals surface area contributed by atoms with Crippen LogP contribution in [0.5, 0.6) is 0 Å². The SMILES string of the molecule is COC(=O)c1c(NC(=O)c2c(F)c(F)c(F)c(F)c2F)sc(-c2ccc(Cl)cc2)c1C(=O)OC. The third kappa shape index (κ3) is 4.33. The molecule has 0 atom stereocenters. The van der Waals surface area contributed by atoms with Gasteiger partial charge in [-0.1, -0.05) is 23.7 Å². The van der Waals surface area contributed by atoms with E-state index in [2.05, 4.69) is 4.74 Å². The molecule has 2 aromatic carbocycles. The smallest absolute Gasteiger partial charge is 0.341 e. The molecule has 0 aliphatic rings. The Morgan fingerprint density at radius 2 is 1.24 bits per heavy atom. The number of amides is 1. The number of carbonyl (C=O) groups excluding carboxylic acids is 3. The van der Waals surface area contributed by atoms with Gasteiger partial charge >= 0.3 is 11.9 Å². The summed E-state index contributed by atoms with van der Waals surface area (Å²) in [7, 11) is 1.97. The van der Waals surface area contributed by atoms with Gasteiger partial charge in [-0.3, -0.25) is 4.79 Å². The van der Waals surface area contributed by atoms with Crippen LogP contribution in [-0.2, 0) is 9.47 Å². The molecule has 1 N–H and O–H groups in total. The summed E-state index contributed by atoms with van der Waals surface area (Å²) >= 11 is 6.46. The van der Waals surface area contributed by atoms with Gasteiger partial charge in [0.05, 0.1) is 24.7 Å². The Labute approximate surface area is 196 Å². The Hall–Kier alpha value is -3.51. The van der Waals surface area contributed by atoms with Gasteiger partial charge in [-0.25, -0.2) is 31.5 Å². The summed E-state index contributed by atoms with van der Waals surface area (Å²) in [5.41, 5.74) is -2.37. The summed E-state index contributed by atoms with van der Waals surface area (Å²) in [6, 6.07) is 5.86. The molecule has 178 valence electrons. The van der Waals surface area contributed by atoms with Crippen molar-refractivity contribution in [2.24, 2.45) is 0 Å². The normalized spacial score (nSPS) is 10.7. The Bertz CT molecular complexity index is 1300. The minimum atomic E-state index is -2.45. The topological polar surface area (TPSA) is 81.7 Å². The molecule has 0 aliphatic heterocycles. The number of thiophene rings is 1. The minimum absolute atomic E-state index is 0.0663. The second kappa shape index (κ2) is 9.77. The van der Waals surface area contributed by atoms with Gasteiger partial charge in [-0.15, -0.1) is 11.3 Å². The minimum Gasteiger partial charge on any atom is -0.465 e. The number of methoxy groups -OCH3 is 2. The van der Waals surface area contributed by atoms with Crippen molar-refractivity contribution in [2.45, 2.75) is 0 Å². The number of ether oxygens (including phenoxy) is 2. The first-order chi connectivity index (χ1) is 16.0. The van der Waals surface area contributed by atoms with E-state index in [4.69, 9.17) is 16.3 Å². The van der Waals surface area contributed by atoms with Gasteiger partial charge in [0.15, 0.2) is 23.3 Å². The van der Waals surface area contributed by atoms with E-state index in [0.717, 1.165) is 14.2 Å². The van der Waals surface area contributed by atoms with Crippen LogP contribution in [0.3, 0.4) is 0 Å². The van der Waals surface area contributed by atoms with E-state index >= 15 is 0 Å². The molecule has 0 spiro atoms. The Kier molecular flexibility index (Phi) is 7.22. The van der Waals surface area contributed by atoms with E-state index in [-0.39, 0.29) is 10.4 Å². The number of hydrogen-bond donors (Lipinski definition) is 1. The summed E-state index contributed by atoms with van der Waals surface area (Å²) in [5.74, 6) is -15.8. The van der Waals surface area contributed by atoms with Crippen molar-refractivity contribution in [2.75, 3.05) is 19.5 Å². The zero-order chi connectivity index (χ0) is 25.3. The molecule has 1 amide bonds. The van der Waals surface area contributed by atoms with E-state index < -0.39 is 63.1 Å². The lowest BCUT2D eigenvalue weighted by Gasteiger charge is -2.09. The van der Waals surface area contributed by atoms with Crippen LogP contribution in [-0.4, -0.2) is 32.1 Å². The van der Waals surface area contributed by atoms with Gasteiger partial charge in [0.25, 0.3) is 5.91 Å². The highest BCUT2D eigenvalue weighted by atomic mass is 35.5. The maximum absolute atomic E-state index is 14.1. The predicted molar refractivity (Wildman–Crippen MR) is 112 cm³/mol. The van der Waals surface area contributed by atoms with Crippen LogP contribution in [0.2, 0.25) is 5.02 Å². The molecule has 6 nitrogen and oxygen atoms in total. The predicted octanol–water partition coefficient (Wildman–Crippen LogP) is 5.59. The fraction of sp³-hybridized carbons (Fsp3) is 0.0952. The quantitative estimate of drug-likeness (QED) is 0.206. The molecule has 3 rings (SSSR count). The molecular weight excluding hydrogens is 509 g/mol. The van der Waals surface area contributed by atoms with Crippen molar-refractivity contribution in [1.29, 1.82) is 0 Å². The van der Waals surface area contributed by atoms with Gasteiger partial charge in [0, 0.05) is 5.02 Å².